The van der Waals surface area contributed by atoms with E-state index in [-0.39, 0.29) is 31.1 Å². The van der Waals surface area contributed by atoms with Crippen LogP contribution >= 0.6 is 0 Å². The fraction of sp³-hybridized carbons (Fsp3) is 1.00. The maximum Gasteiger partial charge on any atom is 0.0965 e. The van der Waals surface area contributed by atoms with Crippen LogP contribution in [0.15, 0.2) is 0 Å². The summed E-state index contributed by atoms with van der Waals surface area (Å²) in [4.78, 5) is 0. The van der Waals surface area contributed by atoms with Gasteiger partial charge in [-0.3, -0.25) is 5.32 Å². The van der Waals surface area contributed by atoms with Crippen LogP contribution in [0, 0.1) is 31.1 Å². The quantitative estimate of drug-likeness (QED) is 0.697. The minimum atomic E-state index is 0. The number of hydrogen-bond acceptors (Lipinski definition) is 2. The van der Waals surface area contributed by atoms with Crippen LogP contribution in [0.5, 0.6) is 0 Å². The molecule has 0 saturated carbocycles. The van der Waals surface area contributed by atoms with Gasteiger partial charge in [0.15, 0.2) is 0 Å². The molecule has 1 aliphatic rings. The Labute approximate surface area is 87.5 Å². The molecule has 0 atom stereocenters. The molecule has 0 amide bonds. The van der Waals surface area contributed by atoms with Crippen molar-refractivity contribution >= 4 is 0 Å². The molecule has 1 fully saturated rings. The monoisotopic (exact) mass is 369 g/mol. The van der Waals surface area contributed by atoms with Crippen LogP contribution in [0.3, 0.4) is 0 Å². The first kappa shape index (κ1) is 13.6. The van der Waals surface area contributed by atoms with Crippen molar-refractivity contribution in [2.45, 2.75) is 26.7 Å². The average molecular weight is 369 g/mol. The summed E-state index contributed by atoms with van der Waals surface area (Å²) in [7, 11) is 0. The van der Waals surface area contributed by atoms with E-state index in [0.29, 0.717) is 0 Å². The summed E-state index contributed by atoms with van der Waals surface area (Å²) in [6.07, 6.45) is 2.48. The van der Waals surface area contributed by atoms with Gasteiger partial charge in [-0.2, -0.15) is 0 Å². The van der Waals surface area contributed by atoms with Crippen molar-refractivity contribution in [2.75, 3.05) is 19.9 Å². The molecule has 0 spiro atoms. The largest absolute Gasteiger partial charge is 0.366 e. The molecule has 1 aliphatic heterocycles. The number of rotatable bonds is 0. The first-order valence-corrected chi connectivity index (χ1v) is 3.78. The van der Waals surface area contributed by atoms with E-state index in [4.69, 9.17) is 4.74 Å². The van der Waals surface area contributed by atoms with Gasteiger partial charge in [-0.25, -0.2) is 0 Å². The summed E-state index contributed by atoms with van der Waals surface area (Å²) in [5.41, 5.74) is 0. The maximum absolute atomic E-state index is 5.08. The van der Waals surface area contributed by atoms with Crippen molar-refractivity contribution in [1.29, 1.82) is 0 Å². The van der Waals surface area contributed by atoms with Gasteiger partial charge in [0.1, 0.15) is 0 Å². The van der Waals surface area contributed by atoms with Crippen LogP contribution in [0.4, 0.5) is 0 Å². The van der Waals surface area contributed by atoms with Crippen molar-refractivity contribution in [3.63, 3.8) is 0 Å². The molecular formula is C7H17NOU. The van der Waals surface area contributed by atoms with Gasteiger partial charge in [0.05, 0.1) is 6.73 Å². The molecule has 0 bridgehead atoms. The summed E-state index contributed by atoms with van der Waals surface area (Å²) in [5, 5.41) is 3.12. The first-order valence-electron chi connectivity index (χ1n) is 3.78. The molecule has 0 aromatic carbocycles. The van der Waals surface area contributed by atoms with Crippen LogP contribution < -0.4 is 5.32 Å². The van der Waals surface area contributed by atoms with E-state index in [1.165, 1.54) is 12.8 Å². The molecular weight excluding hydrogens is 352 g/mol. The third-order valence-corrected chi connectivity index (χ3v) is 1.10. The molecule has 0 radical (unpaired) electrons. The zero-order chi connectivity index (χ0) is 6.95. The van der Waals surface area contributed by atoms with Gasteiger partial charge in [-0.1, -0.05) is 13.8 Å². The van der Waals surface area contributed by atoms with Crippen LogP contribution in [0.25, 0.3) is 0 Å². The van der Waals surface area contributed by atoms with E-state index in [0.717, 1.165) is 19.9 Å². The Balaban J connectivity index is 0. The average Bonchev–Trinajstić information content (AvgIpc) is 2.21. The van der Waals surface area contributed by atoms with E-state index < -0.39 is 0 Å². The van der Waals surface area contributed by atoms with E-state index in [9.17, 15) is 0 Å². The minimum Gasteiger partial charge on any atom is -0.366 e. The second kappa shape index (κ2) is 12.6. The minimum absolute atomic E-state index is 0. The van der Waals surface area contributed by atoms with Crippen molar-refractivity contribution < 1.29 is 35.9 Å². The molecule has 10 heavy (non-hydrogen) atoms. The summed E-state index contributed by atoms with van der Waals surface area (Å²) in [6.45, 7) is 6.81. The number of ether oxygens (including phenoxy) is 1. The van der Waals surface area contributed by atoms with Crippen LogP contribution in [-0.4, -0.2) is 19.9 Å². The molecule has 0 aromatic heterocycles. The molecule has 3 heteroatoms. The van der Waals surface area contributed by atoms with E-state index >= 15 is 0 Å². The van der Waals surface area contributed by atoms with Gasteiger partial charge < -0.3 is 4.74 Å². The summed E-state index contributed by atoms with van der Waals surface area (Å²) in [5.74, 6) is 0. The van der Waals surface area contributed by atoms with Crippen molar-refractivity contribution in [2.24, 2.45) is 0 Å². The Kier molecular flexibility index (Phi) is 17.1. The Morgan fingerprint density at radius 2 is 1.90 bits per heavy atom. The van der Waals surface area contributed by atoms with Gasteiger partial charge in [-0.05, 0) is 19.4 Å². The van der Waals surface area contributed by atoms with Gasteiger partial charge >= 0.3 is 0 Å². The van der Waals surface area contributed by atoms with Crippen molar-refractivity contribution in [3.05, 3.63) is 0 Å². The van der Waals surface area contributed by atoms with Crippen molar-refractivity contribution in [1.82, 2.24) is 5.32 Å². The molecule has 0 unspecified atom stereocenters. The zero-order valence-corrected chi connectivity index (χ0v) is 11.1. The van der Waals surface area contributed by atoms with E-state index in [1.807, 2.05) is 13.8 Å². The predicted octanol–water partition coefficient (Wildman–Crippen LogP) is 1.37. The fourth-order valence-corrected chi connectivity index (χ4v) is 0.671. The second-order valence-electron chi connectivity index (χ2n) is 1.76. The molecule has 60 valence electrons. The SMILES string of the molecule is C1CCOCNC1.CC.[U]. The molecule has 1 N–H and O–H groups in total. The Morgan fingerprint density at radius 3 is 2.60 bits per heavy atom. The smallest absolute Gasteiger partial charge is 0.0965 e. The topological polar surface area (TPSA) is 21.3 Å². The molecule has 1 rings (SSSR count). The van der Waals surface area contributed by atoms with Crippen LogP contribution in [0.1, 0.15) is 26.7 Å². The van der Waals surface area contributed by atoms with Crippen LogP contribution in [-0.2, 0) is 4.74 Å². The van der Waals surface area contributed by atoms with Crippen molar-refractivity contribution in [3.8, 4) is 0 Å². The van der Waals surface area contributed by atoms with Crippen LogP contribution in [0.2, 0.25) is 0 Å². The maximum atomic E-state index is 5.08. The van der Waals surface area contributed by atoms with E-state index in [2.05, 4.69) is 5.32 Å². The normalized spacial score (nSPS) is 17.4. The Bertz CT molecular complexity index is 33.2. The molecule has 1 heterocycles. The standard InChI is InChI=1S/C5H11NO.C2H6.U/c1-2-4-7-5-6-3-1;1-2;/h6H,1-5H2;1-2H3;. The Hall–Kier alpha value is 0.972. The van der Waals surface area contributed by atoms with Gasteiger partial charge in [-0.15, -0.1) is 0 Å². The second-order valence-corrected chi connectivity index (χ2v) is 1.76. The number of nitrogens with one attached hydrogen (secondary N) is 1. The van der Waals surface area contributed by atoms with Gasteiger partial charge in [0.2, 0.25) is 0 Å². The fourth-order valence-electron chi connectivity index (χ4n) is 0.671. The zero-order valence-electron chi connectivity index (χ0n) is 6.94. The number of hydrogen-bond donors (Lipinski definition) is 1. The molecule has 0 aromatic rings. The molecule has 0 aliphatic carbocycles. The first-order chi connectivity index (χ1) is 4.50. The Morgan fingerprint density at radius 1 is 1.20 bits per heavy atom. The van der Waals surface area contributed by atoms with Gasteiger partial charge in [0.25, 0.3) is 0 Å². The third-order valence-electron chi connectivity index (χ3n) is 1.10. The summed E-state index contributed by atoms with van der Waals surface area (Å²) < 4.78 is 5.08. The third kappa shape index (κ3) is 8.97. The summed E-state index contributed by atoms with van der Waals surface area (Å²) in [6, 6.07) is 0. The molecule has 2 nitrogen and oxygen atoms in total. The van der Waals surface area contributed by atoms with E-state index in [1.54, 1.807) is 0 Å². The molecule has 1 saturated heterocycles. The predicted molar refractivity (Wildman–Crippen MR) is 39.4 cm³/mol. The van der Waals surface area contributed by atoms with Gasteiger partial charge in [0, 0.05) is 37.7 Å². The summed E-state index contributed by atoms with van der Waals surface area (Å²) >= 11 is 0.